The Balaban J connectivity index is 2.26. The first kappa shape index (κ1) is 20.4. The molecule has 2 rings (SSSR count). The van der Waals surface area contributed by atoms with Crippen LogP contribution in [0.25, 0.3) is 0 Å². The van der Waals surface area contributed by atoms with Gasteiger partial charge < -0.3 is 10.4 Å². The molecule has 1 amide bonds. The number of carbonyl (C=O) groups is 2. The van der Waals surface area contributed by atoms with Crippen LogP contribution < -0.4 is 9.62 Å². The monoisotopic (exact) mass is 390 g/mol. The van der Waals surface area contributed by atoms with Gasteiger partial charge in [0.1, 0.15) is 0 Å². The Kier molecular flexibility index (Phi) is 6.22. The van der Waals surface area contributed by atoms with Crippen molar-refractivity contribution < 1.29 is 23.1 Å². The second-order valence-electron chi connectivity index (χ2n) is 6.22. The number of carboxylic acids is 1. The van der Waals surface area contributed by atoms with Crippen molar-refractivity contribution in [3.8, 4) is 0 Å². The normalized spacial score (nSPS) is 13.4. The zero-order chi connectivity index (χ0) is 20.2. The molecule has 0 aliphatic rings. The maximum Gasteiger partial charge on any atom is 0.308 e. The van der Waals surface area contributed by atoms with Crippen molar-refractivity contribution in [3.63, 3.8) is 0 Å². The van der Waals surface area contributed by atoms with Crippen molar-refractivity contribution in [2.24, 2.45) is 5.92 Å². The van der Waals surface area contributed by atoms with Crippen molar-refractivity contribution >= 4 is 27.6 Å². The standard InChI is InChI=1S/C19H22N2O5S/c1-13(19(23)24)14(2)20-18(22)15-8-7-11-17(12-15)27(25,26)21(3)16-9-5-4-6-10-16/h4-14H,1-3H3,(H,20,22)(H,23,24). The number of para-hydroxylation sites is 1. The fourth-order valence-electron chi connectivity index (χ4n) is 2.36. The van der Waals surface area contributed by atoms with Gasteiger partial charge in [0.2, 0.25) is 0 Å². The highest BCUT2D eigenvalue weighted by molar-refractivity contribution is 7.92. The molecule has 27 heavy (non-hydrogen) atoms. The van der Waals surface area contributed by atoms with E-state index in [2.05, 4.69) is 5.32 Å². The maximum atomic E-state index is 12.8. The molecule has 0 aliphatic heterocycles. The van der Waals surface area contributed by atoms with Crippen molar-refractivity contribution in [2.75, 3.05) is 11.4 Å². The van der Waals surface area contributed by atoms with Gasteiger partial charge in [0.15, 0.2) is 0 Å². The van der Waals surface area contributed by atoms with E-state index in [4.69, 9.17) is 5.11 Å². The summed E-state index contributed by atoms with van der Waals surface area (Å²) < 4.78 is 26.8. The Labute approximate surface area is 158 Å². The Bertz CT molecular complexity index is 928. The summed E-state index contributed by atoms with van der Waals surface area (Å²) in [7, 11) is -2.41. The Morgan fingerprint density at radius 2 is 1.67 bits per heavy atom. The highest BCUT2D eigenvalue weighted by Crippen LogP contribution is 2.22. The highest BCUT2D eigenvalue weighted by atomic mass is 32.2. The third-order valence-electron chi connectivity index (χ3n) is 4.37. The van der Waals surface area contributed by atoms with E-state index >= 15 is 0 Å². The van der Waals surface area contributed by atoms with Gasteiger partial charge in [-0.05, 0) is 44.2 Å². The van der Waals surface area contributed by atoms with E-state index < -0.39 is 33.9 Å². The van der Waals surface area contributed by atoms with Crippen LogP contribution in [-0.2, 0) is 14.8 Å². The summed E-state index contributed by atoms with van der Waals surface area (Å²) in [5, 5.41) is 11.6. The van der Waals surface area contributed by atoms with Crippen LogP contribution in [0.3, 0.4) is 0 Å². The summed E-state index contributed by atoms with van der Waals surface area (Å²) in [5.41, 5.74) is 0.637. The van der Waals surface area contributed by atoms with E-state index in [9.17, 15) is 18.0 Å². The van der Waals surface area contributed by atoms with Gasteiger partial charge in [-0.25, -0.2) is 8.42 Å². The van der Waals surface area contributed by atoms with E-state index in [0.717, 1.165) is 4.31 Å². The van der Waals surface area contributed by atoms with Crippen LogP contribution in [0.5, 0.6) is 0 Å². The van der Waals surface area contributed by atoms with E-state index in [-0.39, 0.29) is 10.5 Å². The number of anilines is 1. The van der Waals surface area contributed by atoms with Crippen molar-refractivity contribution in [3.05, 3.63) is 60.2 Å². The SMILES string of the molecule is CC(NC(=O)c1cccc(S(=O)(=O)N(C)c2ccccc2)c1)C(C)C(=O)O. The average molecular weight is 390 g/mol. The van der Waals surface area contributed by atoms with Crippen molar-refractivity contribution in [1.29, 1.82) is 0 Å². The molecule has 0 bridgehead atoms. The molecule has 0 heterocycles. The lowest BCUT2D eigenvalue weighted by molar-refractivity contribution is -0.141. The molecular weight excluding hydrogens is 368 g/mol. The smallest absolute Gasteiger partial charge is 0.308 e. The molecule has 2 unspecified atom stereocenters. The lowest BCUT2D eigenvalue weighted by Crippen LogP contribution is -2.40. The molecule has 8 heteroatoms. The summed E-state index contributed by atoms with van der Waals surface area (Å²) in [6.45, 7) is 3.07. The van der Waals surface area contributed by atoms with Gasteiger partial charge in [-0.1, -0.05) is 24.3 Å². The number of hydrogen-bond acceptors (Lipinski definition) is 4. The average Bonchev–Trinajstić information content (AvgIpc) is 2.67. The Hall–Kier alpha value is -2.87. The second-order valence-corrected chi connectivity index (χ2v) is 8.19. The van der Waals surface area contributed by atoms with Crippen LogP contribution in [0.4, 0.5) is 5.69 Å². The van der Waals surface area contributed by atoms with Gasteiger partial charge in [0, 0.05) is 18.7 Å². The summed E-state index contributed by atoms with van der Waals surface area (Å²) in [4.78, 5) is 23.4. The fraction of sp³-hybridized carbons (Fsp3) is 0.263. The van der Waals surface area contributed by atoms with Crippen LogP contribution in [-0.4, -0.2) is 38.5 Å². The van der Waals surface area contributed by atoms with Crippen LogP contribution in [0.2, 0.25) is 0 Å². The summed E-state index contributed by atoms with van der Waals surface area (Å²) in [6.07, 6.45) is 0. The van der Waals surface area contributed by atoms with Crippen LogP contribution >= 0.6 is 0 Å². The first-order chi connectivity index (χ1) is 12.6. The van der Waals surface area contributed by atoms with Gasteiger partial charge >= 0.3 is 5.97 Å². The predicted molar refractivity (Wildman–Crippen MR) is 102 cm³/mol. The van der Waals surface area contributed by atoms with E-state index in [0.29, 0.717) is 5.69 Å². The number of carbonyl (C=O) groups excluding carboxylic acids is 1. The Morgan fingerprint density at radius 3 is 2.26 bits per heavy atom. The lowest BCUT2D eigenvalue weighted by Gasteiger charge is -2.20. The lowest BCUT2D eigenvalue weighted by atomic mass is 10.0. The Morgan fingerprint density at radius 1 is 1.04 bits per heavy atom. The number of benzene rings is 2. The van der Waals surface area contributed by atoms with Gasteiger partial charge in [-0.3, -0.25) is 13.9 Å². The van der Waals surface area contributed by atoms with Crippen molar-refractivity contribution in [2.45, 2.75) is 24.8 Å². The molecule has 0 aliphatic carbocycles. The molecule has 0 saturated heterocycles. The number of amides is 1. The molecular formula is C19H22N2O5S. The predicted octanol–water partition coefficient (Wildman–Crippen LogP) is 2.35. The topological polar surface area (TPSA) is 104 Å². The van der Waals surface area contributed by atoms with Crippen LogP contribution in [0, 0.1) is 5.92 Å². The molecule has 0 spiro atoms. The van der Waals surface area contributed by atoms with Gasteiger partial charge in [-0.15, -0.1) is 0 Å². The summed E-state index contributed by atoms with van der Waals surface area (Å²) in [6, 6.07) is 13.6. The largest absolute Gasteiger partial charge is 0.481 e. The number of hydrogen-bond donors (Lipinski definition) is 2. The molecule has 2 N–H and O–H groups in total. The van der Waals surface area contributed by atoms with Gasteiger partial charge in [0.25, 0.3) is 15.9 Å². The minimum absolute atomic E-state index is 0.0274. The molecule has 0 radical (unpaired) electrons. The fourth-order valence-corrected chi connectivity index (χ4v) is 3.60. The number of sulfonamides is 1. The van der Waals surface area contributed by atoms with E-state index in [1.165, 1.54) is 38.2 Å². The van der Waals surface area contributed by atoms with Crippen molar-refractivity contribution in [1.82, 2.24) is 5.32 Å². The van der Waals surface area contributed by atoms with E-state index in [1.54, 1.807) is 37.3 Å². The molecule has 2 aromatic rings. The molecule has 0 aromatic heterocycles. The zero-order valence-electron chi connectivity index (χ0n) is 15.3. The summed E-state index contributed by atoms with van der Waals surface area (Å²) >= 11 is 0. The highest BCUT2D eigenvalue weighted by Gasteiger charge is 2.24. The van der Waals surface area contributed by atoms with Crippen LogP contribution in [0.1, 0.15) is 24.2 Å². The molecule has 2 aromatic carbocycles. The van der Waals surface area contributed by atoms with Gasteiger partial charge in [0.05, 0.1) is 16.5 Å². The molecule has 0 fully saturated rings. The van der Waals surface area contributed by atoms with E-state index in [1.807, 2.05) is 0 Å². The molecule has 144 valence electrons. The minimum atomic E-state index is -3.85. The first-order valence-electron chi connectivity index (χ1n) is 8.32. The van der Waals surface area contributed by atoms with Crippen LogP contribution in [0.15, 0.2) is 59.5 Å². The number of aliphatic carboxylic acids is 1. The minimum Gasteiger partial charge on any atom is -0.481 e. The molecule has 7 nitrogen and oxygen atoms in total. The third kappa shape index (κ3) is 4.65. The maximum absolute atomic E-state index is 12.8. The number of nitrogens with zero attached hydrogens (tertiary/aromatic N) is 1. The molecule has 0 saturated carbocycles. The third-order valence-corrected chi connectivity index (χ3v) is 6.15. The number of carboxylic acid groups (broad SMARTS) is 1. The quantitative estimate of drug-likeness (QED) is 0.755. The number of rotatable bonds is 7. The number of nitrogens with one attached hydrogen (secondary N) is 1. The second kappa shape index (κ2) is 8.22. The molecule has 2 atom stereocenters. The van der Waals surface area contributed by atoms with Gasteiger partial charge in [-0.2, -0.15) is 0 Å². The zero-order valence-corrected chi connectivity index (χ0v) is 16.1. The first-order valence-corrected chi connectivity index (χ1v) is 9.76. The summed E-state index contributed by atoms with van der Waals surface area (Å²) in [5.74, 6) is -2.33.